The molecule has 0 atom stereocenters. The van der Waals surface area contributed by atoms with Gasteiger partial charge in [-0.1, -0.05) is 0 Å². The second-order valence-corrected chi connectivity index (χ2v) is 4.55. The van der Waals surface area contributed by atoms with Crippen molar-refractivity contribution in [3.63, 3.8) is 0 Å². The minimum atomic E-state index is -0.492. The minimum Gasteiger partial charge on any atom is -0.481 e. The van der Waals surface area contributed by atoms with Crippen LogP contribution in [0.15, 0.2) is 6.07 Å². The van der Waals surface area contributed by atoms with Crippen LogP contribution in [0.5, 0.6) is 11.8 Å². The highest BCUT2D eigenvalue weighted by molar-refractivity contribution is 6.00. The van der Waals surface area contributed by atoms with Gasteiger partial charge in [0.2, 0.25) is 23.5 Å². The van der Waals surface area contributed by atoms with Crippen LogP contribution in [0.3, 0.4) is 0 Å². The summed E-state index contributed by atoms with van der Waals surface area (Å²) in [6, 6.07) is 1.51. The van der Waals surface area contributed by atoms with E-state index in [4.69, 9.17) is 9.47 Å². The average Bonchev–Trinajstić information content (AvgIpc) is 3.23. The lowest BCUT2D eigenvalue weighted by Crippen LogP contribution is -2.16. The van der Waals surface area contributed by atoms with E-state index < -0.39 is 5.91 Å². The fraction of sp³-hybridized carbons (Fsp3) is 0.417. The summed E-state index contributed by atoms with van der Waals surface area (Å²) in [4.78, 5) is 24.2. The summed E-state index contributed by atoms with van der Waals surface area (Å²) in [5, 5.41) is 9.17. The van der Waals surface area contributed by atoms with Crippen molar-refractivity contribution in [2.24, 2.45) is 0 Å². The summed E-state index contributed by atoms with van der Waals surface area (Å²) in [6.07, 6.45) is 2.15. The third kappa shape index (κ3) is 2.91. The van der Waals surface area contributed by atoms with Gasteiger partial charge >= 0.3 is 0 Å². The molecule has 2 N–H and O–H groups in total. The first-order chi connectivity index (χ1) is 10.2. The molecule has 0 spiro atoms. The first-order valence-corrected chi connectivity index (χ1v) is 6.40. The number of aromatic amines is 1. The fourth-order valence-corrected chi connectivity index (χ4v) is 1.74. The maximum Gasteiger partial charge on any atom is 0.297 e. The first kappa shape index (κ1) is 13.3. The van der Waals surface area contributed by atoms with Gasteiger partial charge in [0, 0.05) is 5.92 Å². The normalized spacial score (nSPS) is 13.8. The number of nitrogens with one attached hydrogen (secondary N) is 2. The van der Waals surface area contributed by atoms with Crippen LogP contribution >= 0.6 is 0 Å². The highest BCUT2D eigenvalue weighted by Crippen LogP contribution is 2.37. The molecule has 0 radical (unpaired) electrons. The smallest absolute Gasteiger partial charge is 0.297 e. The standard InChI is InChI=1S/C12H14N6O3/c1-20-7-5-8(21-2)14-12(13-7)16-11(19)10-15-9(17-18-10)6-3-4-6/h5-6H,3-4H2,1-2H3,(H,15,17,18)(H,13,14,16,19). The number of methoxy groups -OCH3 is 2. The third-order valence-corrected chi connectivity index (χ3v) is 2.99. The predicted octanol–water partition coefficient (Wildman–Crippen LogP) is 0.742. The van der Waals surface area contributed by atoms with E-state index in [1.807, 2.05) is 0 Å². The average molecular weight is 290 g/mol. The van der Waals surface area contributed by atoms with Crippen LogP contribution < -0.4 is 14.8 Å². The lowest BCUT2D eigenvalue weighted by Gasteiger charge is -2.06. The number of hydrogen-bond donors (Lipinski definition) is 2. The second-order valence-electron chi connectivity index (χ2n) is 4.55. The number of carbonyl (C=O) groups is 1. The van der Waals surface area contributed by atoms with E-state index in [1.54, 1.807) is 0 Å². The van der Waals surface area contributed by atoms with Crippen molar-refractivity contribution in [3.05, 3.63) is 17.7 Å². The van der Waals surface area contributed by atoms with Gasteiger partial charge in [-0.2, -0.15) is 9.97 Å². The lowest BCUT2D eigenvalue weighted by molar-refractivity contribution is 0.101. The van der Waals surface area contributed by atoms with E-state index in [0.29, 0.717) is 5.92 Å². The second kappa shape index (κ2) is 5.35. The number of anilines is 1. The summed E-state index contributed by atoms with van der Waals surface area (Å²) in [5.74, 6) is 1.33. The number of rotatable bonds is 5. The Labute approximate surface area is 120 Å². The lowest BCUT2D eigenvalue weighted by atomic mass is 10.4. The SMILES string of the molecule is COc1cc(OC)nc(NC(=O)c2n[nH]c(C3CC3)n2)n1. The number of aromatic nitrogens is 5. The molecular formula is C12H14N6O3. The van der Waals surface area contributed by atoms with Gasteiger partial charge in [0.1, 0.15) is 5.82 Å². The van der Waals surface area contributed by atoms with Crippen LogP contribution in [-0.2, 0) is 0 Å². The minimum absolute atomic E-state index is 0.0577. The maximum absolute atomic E-state index is 12.1. The highest BCUT2D eigenvalue weighted by atomic mass is 16.5. The van der Waals surface area contributed by atoms with E-state index in [9.17, 15) is 4.79 Å². The number of nitrogens with zero attached hydrogens (tertiary/aromatic N) is 4. The van der Waals surface area contributed by atoms with Crippen LogP contribution in [0, 0.1) is 0 Å². The summed E-state index contributed by atoms with van der Waals surface area (Å²) in [6.45, 7) is 0. The van der Waals surface area contributed by atoms with Crippen molar-refractivity contribution in [1.29, 1.82) is 0 Å². The number of hydrogen-bond acceptors (Lipinski definition) is 7. The Balaban J connectivity index is 1.76. The van der Waals surface area contributed by atoms with E-state index in [1.165, 1.54) is 20.3 Å². The zero-order chi connectivity index (χ0) is 14.8. The van der Waals surface area contributed by atoms with Crippen LogP contribution in [-0.4, -0.2) is 45.3 Å². The topological polar surface area (TPSA) is 115 Å². The Morgan fingerprint density at radius 3 is 2.48 bits per heavy atom. The molecule has 9 nitrogen and oxygen atoms in total. The van der Waals surface area contributed by atoms with Crippen LogP contribution in [0.2, 0.25) is 0 Å². The van der Waals surface area contributed by atoms with E-state index >= 15 is 0 Å². The molecule has 1 aliphatic rings. The number of H-pyrrole nitrogens is 1. The molecule has 110 valence electrons. The Hall–Kier alpha value is -2.71. The van der Waals surface area contributed by atoms with E-state index in [-0.39, 0.29) is 23.5 Å². The van der Waals surface area contributed by atoms with Gasteiger partial charge in [0.05, 0.1) is 20.3 Å². The van der Waals surface area contributed by atoms with E-state index in [2.05, 4.69) is 30.5 Å². The molecule has 2 aromatic rings. The molecule has 0 unspecified atom stereocenters. The largest absolute Gasteiger partial charge is 0.481 e. The number of amides is 1. The molecule has 2 aromatic heterocycles. The van der Waals surface area contributed by atoms with Gasteiger partial charge < -0.3 is 9.47 Å². The molecule has 0 aliphatic heterocycles. The van der Waals surface area contributed by atoms with E-state index in [0.717, 1.165) is 18.7 Å². The number of carbonyl (C=O) groups excluding carboxylic acids is 1. The zero-order valence-electron chi connectivity index (χ0n) is 11.6. The van der Waals surface area contributed by atoms with Gasteiger partial charge in [0.15, 0.2) is 0 Å². The summed E-state index contributed by atoms with van der Waals surface area (Å²) >= 11 is 0. The molecule has 1 saturated carbocycles. The molecule has 2 heterocycles. The summed E-state index contributed by atoms with van der Waals surface area (Å²) in [5.41, 5.74) is 0. The van der Waals surface area contributed by atoms with Gasteiger partial charge in [-0.3, -0.25) is 15.2 Å². The summed E-state index contributed by atoms with van der Waals surface area (Å²) in [7, 11) is 2.93. The molecule has 21 heavy (non-hydrogen) atoms. The summed E-state index contributed by atoms with van der Waals surface area (Å²) < 4.78 is 10.0. The van der Waals surface area contributed by atoms with Gasteiger partial charge in [-0.15, -0.1) is 5.10 Å². The molecule has 1 amide bonds. The Bertz CT molecular complexity index is 645. The molecule has 0 bridgehead atoms. The zero-order valence-corrected chi connectivity index (χ0v) is 11.6. The molecular weight excluding hydrogens is 276 g/mol. The Morgan fingerprint density at radius 1 is 1.24 bits per heavy atom. The van der Waals surface area contributed by atoms with Crippen molar-refractivity contribution < 1.29 is 14.3 Å². The monoisotopic (exact) mass is 290 g/mol. The van der Waals surface area contributed by atoms with Crippen LogP contribution in [0.25, 0.3) is 0 Å². The fourth-order valence-electron chi connectivity index (χ4n) is 1.74. The predicted molar refractivity (Wildman–Crippen MR) is 71.4 cm³/mol. The van der Waals surface area contributed by atoms with Crippen molar-refractivity contribution in [3.8, 4) is 11.8 Å². The third-order valence-electron chi connectivity index (χ3n) is 2.99. The van der Waals surface area contributed by atoms with Gasteiger partial charge in [0.25, 0.3) is 5.91 Å². The van der Waals surface area contributed by atoms with Gasteiger partial charge in [-0.25, -0.2) is 4.98 Å². The van der Waals surface area contributed by atoms with Crippen molar-refractivity contribution >= 4 is 11.9 Å². The number of ether oxygens (including phenoxy) is 2. The molecule has 1 aliphatic carbocycles. The molecule has 0 saturated heterocycles. The highest BCUT2D eigenvalue weighted by Gasteiger charge is 2.28. The molecule has 3 rings (SSSR count). The first-order valence-electron chi connectivity index (χ1n) is 6.40. The Kier molecular flexibility index (Phi) is 3.38. The molecule has 1 fully saturated rings. The van der Waals surface area contributed by atoms with Gasteiger partial charge in [-0.05, 0) is 12.8 Å². The van der Waals surface area contributed by atoms with Crippen LogP contribution in [0.1, 0.15) is 35.2 Å². The molecule has 0 aromatic carbocycles. The van der Waals surface area contributed by atoms with Crippen molar-refractivity contribution in [2.75, 3.05) is 19.5 Å². The quantitative estimate of drug-likeness (QED) is 0.834. The van der Waals surface area contributed by atoms with Crippen molar-refractivity contribution in [2.45, 2.75) is 18.8 Å². The van der Waals surface area contributed by atoms with Crippen LogP contribution in [0.4, 0.5) is 5.95 Å². The maximum atomic E-state index is 12.1. The van der Waals surface area contributed by atoms with Crippen molar-refractivity contribution in [1.82, 2.24) is 25.1 Å². The Morgan fingerprint density at radius 2 is 1.90 bits per heavy atom. The molecule has 9 heteroatoms.